The molecule has 0 radical (unpaired) electrons. The highest BCUT2D eigenvalue weighted by Crippen LogP contribution is 1.96. The zero-order valence-corrected chi connectivity index (χ0v) is 8.18. The van der Waals surface area contributed by atoms with Gasteiger partial charge in [0.2, 0.25) is 0 Å². The van der Waals surface area contributed by atoms with Gasteiger partial charge < -0.3 is 16.8 Å². The van der Waals surface area contributed by atoms with Crippen molar-refractivity contribution < 1.29 is 0 Å². The van der Waals surface area contributed by atoms with E-state index in [1.54, 1.807) is 0 Å². The molecule has 0 aromatic heterocycles. The van der Waals surface area contributed by atoms with Crippen molar-refractivity contribution in [3.63, 3.8) is 0 Å². The molecule has 0 saturated heterocycles. The first-order valence-electron chi connectivity index (χ1n) is 4.97. The van der Waals surface area contributed by atoms with E-state index in [4.69, 9.17) is 11.5 Å². The average molecular weight is 173 g/mol. The van der Waals surface area contributed by atoms with Gasteiger partial charge in [-0.2, -0.15) is 0 Å². The smallest absolute Gasteiger partial charge is 0.0165 e. The maximum atomic E-state index is 5.85. The fraction of sp³-hybridized carbons (Fsp3) is 1.00. The fourth-order valence-electron chi connectivity index (χ4n) is 1.08. The van der Waals surface area contributed by atoms with Crippen molar-refractivity contribution in [2.45, 2.75) is 38.6 Å². The Kier molecular flexibility index (Phi) is 8.88. The molecule has 1 unspecified atom stereocenters. The van der Waals surface area contributed by atoms with Gasteiger partial charge in [-0.1, -0.05) is 19.8 Å². The summed E-state index contributed by atoms with van der Waals surface area (Å²) in [5.74, 6) is 0. The molecule has 0 aromatic carbocycles. The molecule has 0 spiro atoms. The first-order chi connectivity index (χ1) is 5.81. The van der Waals surface area contributed by atoms with Crippen LogP contribution in [-0.4, -0.2) is 25.7 Å². The topological polar surface area (TPSA) is 64.1 Å². The highest BCUT2D eigenvalue weighted by Gasteiger charge is 1.99. The van der Waals surface area contributed by atoms with Gasteiger partial charge >= 0.3 is 0 Å². The Morgan fingerprint density at radius 1 is 1.33 bits per heavy atom. The molecule has 0 rings (SSSR count). The molecule has 0 bridgehead atoms. The van der Waals surface area contributed by atoms with Gasteiger partial charge in [-0.15, -0.1) is 0 Å². The highest BCUT2D eigenvalue weighted by atomic mass is 14.9. The summed E-state index contributed by atoms with van der Waals surface area (Å²) in [6.45, 7) is 4.88. The standard InChI is InChI=1S/C9H23N3/c1-2-3-5-9(11)8-12-7-4-6-10/h9,12H,2-8,10-11H2,1H3. The number of nitrogens with one attached hydrogen (secondary N) is 1. The van der Waals surface area contributed by atoms with E-state index in [2.05, 4.69) is 12.2 Å². The van der Waals surface area contributed by atoms with Crippen LogP contribution in [0, 0.1) is 0 Å². The number of hydrogen-bond acceptors (Lipinski definition) is 3. The van der Waals surface area contributed by atoms with E-state index in [1.165, 1.54) is 12.8 Å². The third kappa shape index (κ3) is 7.98. The highest BCUT2D eigenvalue weighted by molar-refractivity contribution is 4.64. The van der Waals surface area contributed by atoms with Gasteiger partial charge in [0, 0.05) is 12.6 Å². The van der Waals surface area contributed by atoms with E-state index in [0.29, 0.717) is 6.04 Å². The van der Waals surface area contributed by atoms with Gasteiger partial charge in [-0.05, 0) is 25.9 Å². The summed E-state index contributed by atoms with van der Waals surface area (Å²) in [4.78, 5) is 0. The molecule has 0 amide bonds. The second-order valence-electron chi connectivity index (χ2n) is 3.25. The molecule has 0 aromatic rings. The van der Waals surface area contributed by atoms with E-state index in [0.717, 1.165) is 32.5 Å². The third-order valence-electron chi connectivity index (χ3n) is 1.89. The lowest BCUT2D eigenvalue weighted by molar-refractivity contribution is 0.521. The molecular weight excluding hydrogens is 150 g/mol. The molecule has 0 aliphatic heterocycles. The lowest BCUT2D eigenvalue weighted by Crippen LogP contribution is -2.34. The van der Waals surface area contributed by atoms with E-state index in [9.17, 15) is 0 Å². The molecule has 0 aliphatic rings. The van der Waals surface area contributed by atoms with E-state index in [-0.39, 0.29) is 0 Å². The lowest BCUT2D eigenvalue weighted by atomic mass is 10.1. The number of hydrogen-bond donors (Lipinski definition) is 3. The third-order valence-corrected chi connectivity index (χ3v) is 1.89. The first-order valence-corrected chi connectivity index (χ1v) is 4.97. The quantitative estimate of drug-likeness (QED) is 0.467. The normalized spacial score (nSPS) is 13.2. The maximum absolute atomic E-state index is 5.85. The predicted octanol–water partition coefficient (Wildman–Crippen LogP) is 0.442. The molecule has 5 N–H and O–H groups in total. The summed E-state index contributed by atoms with van der Waals surface area (Å²) in [6.07, 6.45) is 4.64. The molecule has 0 aliphatic carbocycles. The summed E-state index contributed by atoms with van der Waals surface area (Å²) in [6, 6.07) is 0.322. The van der Waals surface area contributed by atoms with Crippen molar-refractivity contribution in [1.29, 1.82) is 0 Å². The van der Waals surface area contributed by atoms with Crippen LogP contribution in [0.1, 0.15) is 32.6 Å². The molecule has 1 atom stereocenters. The zero-order chi connectivity index (χ0) is 9.23. The maximum Gasteiger partial charge on any atom is 0.0165 e. The molecule has 74 valence electrons. The summed E-state index contributed by atoms with van der Waals surface area (Å²) in [7, 11) is 0. The number of unbranched alkanes of at least 4 members (excludes halogenated alkanes) is 1. The molecular formula is C9H23N3. The summed E-state index contributed by atoms with van der Waals surface area (Å²) < 4.78 is 0. The van der Waals surface area contributed by atoms with Crippen molar-refractivity contribution in [3.05, 3.63) is 0 Å². The largest absolute Gasteiger partial charge is 0.330 e. The molecule has 0 saturated carbocycles. The van der Waals surface area contributed by atoms with Crippen molar-refractivity contribution in [3.8, 4) is 0 Å². The lowest BCUT2D eigenvalue weighted by Gasteiger charge is -2.11. The molecule has 0 fully saturated rings. The Morgan fingerprint density at radius 3 is 2.67 bits per heavy atom. The SMILES string of the molecule is CCCCC(N)CNCCCN. The van der Waals surface area contributed by atoms with Crippen molar-refractivity contribution >= 4 is 0 Å². The van der Waals surface area contributed by atoms with Crippen LogP contribution in [-0.2, 0) is 0 Å². The monoisotopic (exact) mass is 173 g/mol. The molecule has 12 heavy (non-hydrogen) atoms. The van der Waals surface area contributed by atoms with Crippen molar-refractivity contribution in [1.82, 2.24) is 5.32 Å². The van der Waals surface area contributed by atoms with Crippen LogP contribution in [0.25, 0.3) is 0 Å². The van der Waals surface area contributed by atoms with Gasteiger partial charge in [0.25, 0.3) is 0 Å². The van der Waals surface area contributed by atoms with E-state index in [1.807, 2.05) is 0 Å². The average Bonchev–Trinajstić information content (AvgIpc) is 2.09. The second kappa shape index (κ2) is 8.97. The Bertz CT molecular complexity index is 85.8. The Balaban J connectivity index is 3.02. The van der Waals surface area contributed by atoms with Crippen molar-refractivity contribution in [2.75, 3.05) is 19.6 Å². The predicted molar refractivity (Wildman–Crippen MR) is 54.0 cm³/mol. The number of rotatable bonds is 8. The first kappa shape index (κ1) is 11.9. The molecule has 3 nitrogen and oxygen atoms in total. The minimum absolute atomic E-state index is 0.322. The fourth-order valence-corrected chi connectivity index (χ4v) is 1.08. The molecule has 0 heterocycles. The summed E-state index contributed by atoms with van der Waals surface area (Å²) >= 11 is 0. The van der Waals surface area contributed by atoms with E-state index < -0.39 is 0 Å². The minimum Gasteiger partial charge on any atom is -0.330 e. The summed E-state index contributed by atoms with van der Waals surface area (Å²) in [5, 5.41) is 3.29. The Hall–Kier alpha value is -0.120. The minimum atomic E-state index is 0.322. The van der Waals surface area contributed by atoms with Crippen LogP contribution in [0.3, 0.4) is 0 Å². The van der Waals surface area contributed by atoms with Crippen LogP contribution in [0.5, 0.6) is 0 Å². The summed E-state index contributed by atoms with van der Waals surface area (Å²) in [5.41, 5.74) is 11.2. The Labute approximate surface area is 75.9 Å². The van der Waals surface area contributed by atoms with Gasteiger partial charge in [0.05, 0.1) is 0 Å². The van der Waals surface area contributed by atoms with Crippen LogP contribution < -0.4 is 16.8 Å². The van der Waals surface area contributed by atoms with Crippen molar-refractivity contribution in [2.24, 2.45) is 11.5 Å². The van der Waals surface area contributed by atoms with E-state index >= 15 is 0 Å². The van der Waals surface area contributed by atoms with Crippen LogP contribution in [0.2, 0.25) is 0 Å². The van der Waals surface area contributed by atoms with Gasteiger partial charge in [-0.3, -0.25) is 0 Å². The molecule has 3 heteroatoms. The zero-order valence-electron chi connectivity index (χ0n) is 8.18. The second-order valence-corrected chi connectivity index (χ2v) is 3.25. The number of nitrogens with two attached hydrogens (primary N) is 2. The van der Waals surface area contributed by atoms with Gasteiger partial charge in [0.1, 0.15) is 0 Å². The Morgan fingerprint density at radius 2 is 2.08 bits per heavy atom. The van der Waals surface area contributed by atoms with Gasteiger partial charge in [-0.25, -0.2) is 0 Å². The van der Waals surface area contributed by atoms with Gasteiger partial charge in [0.15, 0.2) is 0 Å². The van der Waals surface area contributed by atoms with Crippen LogP contribution in [0.15, 0.2) is 0 Å². The van der Waals surface area contributed by atoms with Crippen LogP contribution in [0.4, 0.5) is 0 Å². The van der Waals surface area contributed by atoms with Crippen LogP contribution >= 0.6 is 0 Å².